The van der Waals surface area contributed by atoms with E-state index in [1.807, 2.05) is 0 Å². The molecule has 2 N–H and O–H groups in total. The second kappa shape index (κ2) is 9.74. The van der Waals surface area contributed by atoms with Gasteiger partial charge >= 0.3 is 6.09 Å². The maximum atomic E-state index is 14.7. The number of ether oxygens (including phenoxy) is 1. The van der Waals surface area contributed by atoms with E-state index in [0.717, 1.165) is 12.0 Å². The number of imidazole rings is 1. The van der Waals surface area contributed by atoms with Gasteiger partial charge in [-0.25, -0.2) is 18.9 Å². The third-order valence-corrected chi connectivity index (χ3v) is 4.27. The molecule has 2 aromatic heterocycles. The number of H-pyrrole nitrogens is 1. The lowest BCUT2D eigenvalue weighted by Gasteiger charge is -2.13. The van der Waals surface area contributed by atoms with Gasteiger partial charge < -0.3 is 19.8 Å². The van der Waals surface area contributed by atoms with Crippen molar-refractivity contribution in [3.63, 3.8) is 0 Å². The van der Waals surface area contributed by atoms with Crippen LogP contribution in [0.15, 0.2) is 36.9 Å². The minimum atomic E-state index is -0.481. The molecular formula is C19H22FN7O3. The molecule has 0 bridgehead atoms. The Morgan fingerprint density at radius 3 is 2.90 bits per heavy atom. The second-order valence-corrected chi connectivity index (χ2v) is 6.45. The lowest BCUT2D eigenvalue weighted by molar-refractivity contribution is -0.106. The van der Waals surface area contributed by atoms with E-state index in [2.05, 4.69) is 25.6 Å². The summed E-state index contributed by atoms with van der Waals surface area (Å²) in [5.74, 6) is -0.481. The van der Waals surface area contributed by atoms with Gasteiger partial charge in [-0.3, -0.25) is 4.90 Å². The largest absolute Gasteiger partial charge is 0.443 e. The Balaban J connectivity index is 0.000000806. The predicted molar refractivity (Wildman–Crippen MR) is 106 cm³/mol. The van der Waals surface area contributed by atoms with Crippen LogP contribution in [0.2, 0.25) is 0 Å². The molecule has 4 rings (SSSR count). The number of nitrogens with one attached hydrogen (secondary N) is 2. The number of rotatable bonds is 6. The Labute approximate surface area is 172 Å². The van der Waals surface area contributed by atoms with Crippen LogP contribution in [0.4, 0.5) is 14.9 Å². The number of carbonyl (C=O) groups is 2. The van der Waals surface area contributed by atoms with Gasteiger partial charge in [-0.1, -0.05) is 5.21 Å². The lowest BCUT2D eigenvalue weighted by Crippen LogP contribution is -2.29. The zero-order valence-electron chi connectivity index (χ0n) is 16.6. The smallest absolute Gasteiger partial charge is 0.414 e. The van der Waals surface area contributed by atoms with E-state index in [1.165, 1.54) is 17.9 Å². The van der Waals surface area contributed by atoms with E-state index in [4.69, 9.17) is 9.53 Å². The SMILES string of the molecule is CC=O.CNCC1CN(c2ccc(-c3cn(Cc4cnc[nH]4)nn3)c(F)c2)C(=O)O1. The van der Waals surface area contributed by atoms with Crippen molar-refractivity contribution in [1.29, 1.82) is 0 Å². The number of hydrogen-bond acceptors (Lipinski definition) is 7. The number of carbonyl (C=O) groups excluding carboxylic acids is 2. The van der Waals surface area contributed by atoms with Gasteiger partial charge in [-0.2, -0.15) is 0 Å². The number of aromatic amines is 1. The molecule has 158 valence electrons. The first-order valence-corrected chi connectivity index (χ1v) is 9.25. The summed E-state index contributed by atoms with van der Waals surface area (Å²) in [6, 6.07) is 4.58. The summed E-state index contributed by atoms with van der Waals surface area (Å²) in [6.07, 6.45) is 4.94. The second-order valence-electron chi connectivity index (χ2n) is 6.45. The molecular weight excluding hydrogens is 393 g/mol. The Kier molecular flexibility index (Phi) is 6.86. The molecule has 1 aromatic carbocycles. The molecule has 3 heterocycles. The lowest BCUT2D eigenvalue weighted by atomic mass is 10.1. The van der Waals surface area contributed by atoms with Crippen LogP contribution in [0.1, 0.15) is 12.6 Å². The van der Waals surface area contributed by atoms with E-state index < -0.39 is 11.9 Å². The third-order valence-electron chi connectivity index (χ3n) is 4.27. The maximum absolute atomic E-state index is 14.7. The fourth-order valence-corrected chi connectivity index (χ4v) is 2.99. The molecule has 1 amide bonds. The highest BCUT2D eigenvalue weighted by Gasteiger charge is 2.32. The van der Waals surface area contributed by atoms with Gasteiger partial charge in [0.2, 0.25) is 0 Å². The summed E-state index contributed by atoms with van der Waals surface area (Å²) in [5.41, 5.74) is 2.04. The first-order valence-electron chi connectivity index (χ1n) is 9.25. The number of hydrogen-bond donors (Lipinski definition) is 2. The number of cyclic esters (lactones) is 1. The van der Waals surface area contributed by atoms with Crippen molar-refractivity contribution in [3.05, 3.63) is 48.4 Å². The monoisotopic (exact) mass is 415 g/mol. The van der Waals surface area contributed by atoms with Crippen LogP contribution in [-0.2, 0) is 16.1 Å². The number of nitrogens with zero attached hydrogens (tertiary/aromatic N) is 5. The molecule has 11 heteroatoms. The number of likely N-dealkylation sites (N-methyl/N-ethyl adjacent to an activating group) is 1. The Morgan fingerprint density at radius 1 is 1.43 bits per heavy atom. The molecule has 1 aliphatic heterocycles. The number of amides is 1. The molecule has 1 aliphatic rings. The molecule has 1 atom stereocenters. The fraction of sp³-hybridized carbons (Fsp3) is 0.316. The van der Waals surface area contributed by atoms with Crippen molar-refractivity contribution in [2.75, 3.05) is 25.0 Å². The van der Waals surface area contributed by atoms with Crippen molar-refractivity contribution in [3.8, 4) is 11.3 Å². The summed E-state index contributed by atoms with van der Waals surface area (Å²) >= 11 is 0. The predicted octanol–water partition coefficient (Wildman–Crippen LogP) is 1.61. The molecule has 0 radical (unpaired) electrons. The molecule has 0 saturated carbocycles. The summed E-state index contributed by atoms with van der Waals surface area (Å²) in [5, 5.41) is 11.0. The van der Waals surface area contributed by atoms with Gasteiger partial charge in [-0.15, -0.1) is 5.10 Å². The van der Waals surface area contributed by atoms with Crippen molar-refractivity contribution >= 4 is 18.1 Å². The van der Waals surface area contributed by atoms with Gasteiger partial charge in [0.1, 0.15) is 23.9 Å². The topological polar surface area (TPSA) is 118 Å². The molecule has 0 spiro atoms. The number of aldehydes is 1. The van der Waals surface area contributed by atoms with Crippen LogP contribution in [0.3, 0.4) is 0 Å². The van der Waals surface area contributed by atoms with Crippen molar-refractivity contribution < 1.29 is 18.7 Å². The van der Waals surface area contributed by atoms with Crippen LogP contribution in [-0.4, -0.2) is 63.6 Å². The minimum Gasteiger partial charge on any atom is -0.443 e. The number of anilines is 1. The first-order chi connectivity index (χ1) is 14.5. The van der Waals surface area contributed by atoms with Crippen LogP contribution in [0, 0.1) is 5.82 Å². The standard InChI is InChI=1S/C17H18FN7O2.C2H4O/c1-19-6-13-8-25(17(26)27-13)12-2-3-14(15(18)4-12)16-9-24(23-22-16)7-11-5-20-10-21-11;1-2-3/h2-5,9-10,13,19H,6-8H2,1H3,(H,20,21);2H,1H3. The highest BCUT2D eigenvalue weighted by atomic mass is 19.1. The molecule has 1 unspecified atom stereocenters. The van der Waals surface area contributed by atoms with Crippen LogP contribution in [0.5, 0.6) is 0 Å². The third kappa shape index (κ3) is 4.87. The highest BCUT2D eigenvalue weighted by Crippen LogP contribution is 2.28. The van der Waals surface area contributed by atoms with Crippen molar-refractivity contribution in [2.45, 2.75) is 19.6 Å². The van der Waals surface area contributed by atoms with Crippen LogP contribution >= 0.6 is 0 Å². The highest BCUT2D eigenvalue weighted by molar-refractivity contribution is 5.90. The van der Waals surface area contributed by atoms with E-state index in [1.54, 1.807) is 42.6 Å². The average molecular weight is 415 g/mol. The zero-order chi connectivity index (χ0) is 21.5. The van der Waals surface area contributed by atoms with Gasteiger partial charge in [0.15, 0.2) is 0 Å². The van der Waals surface area contributed by atoms with Crippen molar-refractivity contribution in [2.24, 2.45) is 0 Å². The first kappa shape index (κ1) is 21.1. The fourth-order valence-electron chi connectivity index (χ4n) is 2.99. The van der Waals surface area contributed by atoms with Gasteiger partial charge in [-0.05, 0) is 32.2 Å². The van der Waals surface area contributed by atoms with E-state index >= 15 is 0 Å². The van der Waals surface area contributed by atoms with E-state index in [9.17, 15) is 9.18 Å². The molecule has 1 fully saturated rings. The molecule has 1 saturated heterocycles. The van der Waals surface area contributed by atoms with Gasteiger partial charge in [0.25, 0.3) is 0 Å². The van der Waals surface area contributed by atoms with E-state index in [-0.39, 0.29) is 6.10 Å². The van der Waals surface area contributed by atoms with Crippen LogP contribution < -0.4 is 10.2 Å². The quantitative estimate of drug-likeness (QED) is 0.587. The summed E-state index contributed by atoms with van der Waals surface area (Å²) in [6.45, 7) is 2.82. The van der Waals surface area contributed by atoms with Crippen LogP contribution in [0.25, 0.3) is 11.3 Å². The Bertz CT molecular complexity index is 990. The van der Waals surface area contributed by atoms with E-state index in [0.29, 0.717) is 36.6 Å². The normalized spacial score (nSPS) is 15.5. The zero-order valence-corrected chi connectivity index (χ0v) is 16.6. The molecule has 3 aromatic rings. The summed E-state index contributed by atoms with van der Waals surface area (Å²) < 4.78 is 21.5. The maximum Gasteiger partial charge on any atom is 0.414 e. The molecule has 10 nitrogen and oxygen atoms in total. The molecule has 30 heavy (non-hydrogen) atoms. The van der Waals surface area contributed by atoms with Gasteiger partial charge in [0, 0.05) is 18.3 Å². The summed E-state index contributed by atoms with van der Waals surface area (Å²) in [4.78, 5) is 29.1. The minimum absolute atomic E-state index is 0.257. The summed E-state index contributed by atoms with van der Waals surface area (Å²) in [7, 11) is 1.78. The van der Waals surface area contributed by atoms with Crippen molar-refractivity contribution in [1.82, 2.24) is 30.3 Å². The number of benzene rings is 1. The van der Waals surface area contributed by atoms with Gasteiger partial charge in [0.05, 0.1) is 37.0 Å². The molecule has 0 aliphatic carbocycles. The Morgan fingerprint density at radius 2 is 2.23 bits per heavy atom. The average Bonchev–Trinajstić information content (AvgIpc) is 3.45. The number of halogens is 1. The Hall–Kier alpha value is -3.60. The number of aromatic nitrogens is 5.